The Morgan fingerprint density at radius 1 is 0.355 bits per heavy atom. The summed E-state index contributed by atoms with van der Waals surface area (Å²) in [6.45, 7) is 0. The summed E-state index contributed by atoms with van der Waals surface area (Å²) in [6.07, 6.45) is 0. The SMILES string of the molecule is c1ccc(-c2nc(-c3ccccc3)nc(-c3cc([Si]4(c5ccc6c(ccc7ccccc76)c5)c5ccccc5-c5nc6ccccc6n54)cc4ccc5ccccc5c34)n2)cc1. The van der Waals surface area contributed by atoms with Crippen molar-refractivity contribution >= 4 is 77.9 Å². The number of nitrogens with zero attached hydrogens (tertiary/aromatic N) is 5. The summed E-state index contributed by atoms with van der Waals surface area (Å²) in [7, 11) is -3.24. The minimum absolute atomic E-state index is 0.635. The second kappa shape index (κ2) is 13.5. The fourth-order valence-electron chi connectivity index (χ4n) is 10.1. The number of benzene rings is 10. The van der Waals surface area contributed by atoms with E-state index in [0.29, 0.717) is 17.5 Å². The Labute approximate surface area is 358 Å². The molecule has 0 radical (unpaired) electrons. The van der Waals surface area contributed by atoms with Crippen LogP contribution in [0.3, 0.4) is 0 Å². The van der Waals surface area contributed by atoms with Crippen LogP contribution in [0.1, 0.15) is 0 Å². The Hall–Kier alpha value is -8.06. The van der Waals surface area contributed by atoms with Crippen LogP contribution in [0.4, 0.5) is 0 Å². The third kappa shape index (κ3) is 5.08. The zero-order valence-electron chi connectivity index (χ0n) is 33.4. The van der Waals surface area contributed by atoms with Crippen LogP contribution in [-0.2, 0) is 0 Å². The summed E-state index contributed by atoms with van der Waals surface area (Å²) in [5.74, 6) is 2.91. The minimum atomic E-state index is -3.24. The zero-order chi connectivity index (χ0) is 40.8. The molecular weight excluding hydrogens is 771 g/mol. The van der Waals surface area contributed by atoms with Crippen LogP contribution in [0, 0.1) is 0 Å². The van der Waals surface area contributed by atoms with Crippen molar-refractivity contribution < 1.29 is 0 Å². The number of hydrogen-bond donors (Lipinski definition) is 0. The van der Waals surface area contributed by atoms with Crippen molar-refractivity contribution in [2.75, 3.05) is 0 Å². The van der Waals surface area contributed by atoms with Gasteiger partial charge < -0.3 is 4.23 Å². The molecule has 62 heavy (non-hydrogen) atoms. The lowest BCUT2D eigenvalue weighted by atomic mass is 9.97. The molecule has 1 unspecified atom stereocenters. The van der Waals surface area contributed by atoms with Gasteiger partial charge in [-0.3, -0.25) is 0 Å². The van der Waals surface area contributed by atoms with Gasteiger partial charge in [0, 0.05) is 27.6 Å². The molecule has 0 N–H and O–H groups in total. The quantitative estimate of drug-likeness (QED) is 0.128. The number of rotatable bonds is 5. The third-order valence-corrected chi connectivity index (χ3v) is 17.4. The first-order chi connectivity index (χ1) is 30.7. The van der Waals surface area contributed by atoms with E-state index in [9.17, 15) is 0 Å². The van der Waals surface area contributed by atoms with E-state index in [1.54, 1.807) is 0 Å². The summed E-state index contributed by atoms with van der Waals surface area (Å²) in [4.78, 5) is 21.3. The van der Waals surface area contributed by atoms with Crippen molar-refractivity contribution in [2.45, 2.75) is 0 Å². The average Bonchev–Trinajstić information content (AvgIpc) is 3.87. The Balaban J connectivity index is 1.19. The normalized spacial score (nSPS) is 14.5. The van der Waals surface area contributed by atoms with E-state index in [2.05, 4.69) is 180 Å². The first-order valence-corrected chi connectivity index (χ1v) is 23.0. The number of imidazole rings is 1. The average molecular weight is 806 g/mol. The van der Waals surface area contributed by atoms with Gasteiger partial charge in [-0.2, -0.15) is 0 Å². The van der Waals surface area contributed by atoms with E-state index >= 15 is 0 Å². The number of aromatic nitrogens is 5. The van der Waals surface area contributed by atoms with Crippen LogP contribution in [0.15, 0.2) is 212 Å². The van der Waals surface area contributed by atoms with Crippen LogP contribution in [-0.4, -0.2) is 32.4 Å². The molecule has 0 saturated carbocycles. The molecule has 13 rings (SSSR count). The molecule has 1 aliphatic rings. The van der Waals surface area contributed by atoms with Gasteiger partial charge in [-0.25, -0.2) is 19.9 Å². The maximum Gasteiger partial charge on any atom is 0.259 e. The van der Waals surface area contributed by atoms with Gasteiger partial charge in [0.25, 0.3) is 8.24 Å². The lowest BCUT2D eigenvalue weighted by Gasteiger charge is -2.33. The van der Waals surface area contributed by atoms with Gasteiger partial charge in [0.05, 0.1) is 11.0 Å². The van der Waals surface area contributed by atoms with Crippen molar-refractivity contribution in [3.8, 4) is 45.6 Å². The molecule has 0 aliphatic carbocycles. The molecule has 0 fully saturated rings. The lowest BCUT2D eigenvalue weighted by Crippen LogP contribution is -2.70. The van der Waals surface area contributed by atoms with Crippen LogP contribution >= 0.6 is 0 Å². The highest BCUT2D eigenvalue weighted by Gasteiger charge is 2.51. The van der Waals surface area contributed by atoms with E-state index in [-0.39, 0.29) is 0 Å². The highest BCUT2D eigenvalue weighted by atomic mass is 28.3. The van der Waals surface area contributed by atoms with E-state index < -0.39 is 8.24 Å². The van der Waals surface area contributed by atoms with Crippen molar-refractivity contribution in [3.63, 3.8) is 0 Å². The molecule has 288 valence electrons. The standard InChI is InChI=1S/C56H35N5Si/c1-3-17-38(18-4-1)53-58-54(39-19-5-2-6-20-39)60-55(59-53)48-35-43(34-41-30-28-37-16-8-10-22-46(37)52(41)48)62(42-31-32-45-40(33-42)29-27-36-15-7-9-21-44(36)45)51-26-14-11-23-47(51)56-57-49-24-12-13-25-50(49)61(56)62/h1-35H. The first kappa shape index (κ1) is 34.8. The molecule has 6 heteroatoms. The van der Waals surface area contributed by atoms with E-state index in [0.717, 1.165) is 55.1 Å². The van der Waals surface area contributed by atoms with Crippen molar-refractivity contribution in [1.29, 1.82) is 0 Å². The fraction of sp³-hybridized carbons (Fsp3) is 0. The summed E-state index contributed by atoms with van der Waals surface area (Å²) < 4.78 is 2.62. The van der Waals surface area contributed by atoms with Crippen LogP contribution < -0.4 is 15.6 Å². The molecule has 3 heterocycles. The number of fused-ring (bicyclic) bond motifs is 11. The molecule has 1 atom stereocenters. The molecule has 1 aliphatic heterocycles. The van der Waals surface area contributed by atoms with Crippen LogP contribution in [0.5, 0.6) is 0 Å². The molecule has 0 amide bonds. The Bertz CT molecular complexity index is 3710. The molecule has 5 nitrogen and oxygen atoms in total. The predicted molar refractivity (Wildman–Crippen MR) is 258 cm³/mol. The molecular formula is C56H35N5Si. The fourth-order valence-corrected chi connectivity index (χ4v) is 15.2. The van der Waals surface area contributed by atoms with E-state index in [1.807, 2.05) is 36.4 Å². The van der Waals surface area contributed by atoms with Crippen LogP contribution in [0.2, 0.25) is 0 Å². The highest BCUT2D eigenvalue weighted by molar-refractivity contribution is 7.12. The molecule has 10 aromatic carbocycles. The Morgan fingerprint density at radius 2 is 0.919 bits per heavy atom. The van der Waals surface area contributed by atoms with Gasteiger partial charge in [-0.1, -0.05) is 194 Å². The zero-order valence-corrected chi connectivity index (χ0v) is 34.4. The maximum atomic E-state index is 5.42. The first-order valence-electron chi connectivity index (χ1n) is 21.1. The minimum Gasteiger partial charge on any atom is -0.339 e. The van der Waals surface area contributed by atoms with Crippen LogP contribution in [0.25, 0.3) is 99.7 Å². The second-order valence-corrected chi connectivity index (χ2v) is 19.7. The molecule has 2 aromatic heterocycles. The van der Waals surface area contributed by atoms with Gasteiger partial charge in [-0.15, -0.1) is 0 Å². The van der Waals surface area contributed by atoms with E-state index in [1.165, 1.54) is 42.7 Å². The molecule has 12 aromatic rings. The summed E-state index contributed by atoms with van der Waals surface area (Å²) in [6, 6.07) is 76.6. The Morgan fingerprint density at radius 3 is 1.69 bits per heavy atom. The summed E-state index contributed by atoms with van der Waals surface area (Å²) in [5, 5.41) is 13.3. The number of para-hydroxylation sites is 2. The van der Waals surface area contributed by atoms with Gasteiger partial charge in [0.1, 0.15) is 5.82 Å². The van der Waals surface area contributed by atoms with Crippen molar-refractivity contribution in [1.82, 2.24) is 24.2 Å². The van der Waals surface area contributed by atoms with E-state index in [4.69, 9.17) is 19.9 Å². The summed E-state index contributed by atoms with van der Waals surface area (Å²) >= 11 is 0. The monoisotopic (exact) mass is 805 g/mol. The Kier molecular flexibility index (Phi) is 7.56. The van der Waals surface area contributed by atoms with Gasteiger partial charge in [0.2, 0.25) is 0 Å². The highest BCUT2D eigenvalue weighted by Crippen LogP contribution is 2.39. The molecule has 0 saturated heterocycles. The van der Waals surface area contributed by atoms with Gasteiger partial charge in [-0.05, 0) is 71.5 Å². The van der Waals surface area contributed by atoms with Crippen molar-refractivity contribution in [2.24, 2.45) is 0 Å². The largest absolute Gasteiger partial charge is 0.339 e. The smallest absolute Gasteiger partial charge is 0.259 e. The van der Waals surface area contributed by atoms with Crippen molar-refractivity contribution in [3.05, 3.63) is 212 Å². The number of hydrogen-bond acceptors (Lipinski definition) is 4. The predicted octanol–water partition coefficient (Wildman–Crippen LogP) is 11.3. The molecule has 0 bridgehead atoms. The molecule has 0 spiro atoms. The lowest BCUT2D eigenvalue weighted by molar-refractivity contribution is 1.08. The van der Waals surface area contributed by atoms with Gasteiger partial charge >= 0.3 is 0 Å². The maximum absolute atomic E-state index is 5.42. The van der Waals surface area contributed by atoms with Gasteiger partial charge in [0.15, 0.2) is 17.5 Å². The third-order valence-electron chi connectivity index (χ3n) is 12.8. The summed E-state index contributed by atoms with van der Waals surface area (Å²) in [5.41, 5.74) is 6.14. The second-order valence-electron chi connectivity index (χ2n) is 16.2. The topological polar surface area (TPSA) is 56.5 Å².